The van der Waals surface area contributed by atoms with Crippen molar-refractivity contribution >= 4 is 24.7 Å². The number of fused-ring (bicyclic) bond motifs is 1. The van der Waals surface area contributed by atoms with Gasteiger partial charge in [-0.25, -0.2) is 4.98 Å². The number of nitrogens with two attached hydrogens (primary N) is 1. The molecule has 2 aromatic heterocycles. The number of imidazole rings is 1. The van der Waals surface area contributed by atoms with Gasteiger partial charge in [0, 0.05) is 6.42 Å². The lowest BCUT2D eigenvalue weighted by atomic mass is 10.1. The third-order valence-corrected chi connectivity index (χ3v) is 4.50. The number of hydrogen-bond donors (Lipinski definition) is 4. The highest BCUT2D eigenvalue weighted by molar-refractivity contribution is 7.52. The maximum atomic E-state index is 11.7. The largest absolute Gasteiger partial charge is 0.369 e. The maximum absolute atomic E-state index is 11.7. The van der Waals surface area contributed by atoms with Gasteiger partial charge in [-0.15, -0.1) is 0 Å². The minimum absolute atomic E-state index is 0.0430. The van der Waals surface area contributed by atoms with E-state index in [2.05, 4.69) is 21.5 Å². The molecule has 3 heterocycles. The maximum Gasteiger partial charge on any atom is 0.354 e. The van der Waals surface area contributed by atoms with E-state index in [9.17, 15) is 19.1 Å². The van der Waals surface area contributed by atoms with Crippen molar-refractivity contribution in [2.75, 3.05) is 5.73 Å². The summed E-state index contributed by atoms with van der Waals surface area (Å²) in [7, 11) is -4.34. The number of nitrogens with zero attached hydrogens (tertiary/aromatic N) is 3. The highest BCUT2D eigenvalue weighted by atomic mass is 31.2. The fraction of sp³-hybridized carbons (Fsp3) is 0.364. The Kier molecular flexibility index (Phi) is 3.41. The SMILES string of the molecule is C=C1C[C@H](P(=O)(O)O)O[C@@H]1Cn1cnc2c(=O)[nH]c(N)nc21. The number of nitrogens with one attached hydrogen (secondary N) is 1. The van der Waals surface area contributed by atoms with Gasteiger partial charge in [0.1, 0.15) is 0 Å². The standard InChI is InChI=1S/C11H14N5O5P/c1-5-2-7(22(18,19)20)21-6(5)3-16-4-13-8-9(16)14-11(12)15-10(8)17/h4,6-7H,1-3H2,(H2,18,19,20)(H3,12,14,15,17)/t6-,7+/m1/s1. The van der Waals surface area contributed by atoms with E-state index in [1.807, 2.05) is 0 Å². The first-order chi connectivity index (χ1) is 10.3. The van der Waals surface area contributed by atoms with Crippen molar-refractivity contribution in [1.82, 2.24) is 19.5 Å². The number of rotatable bonds is 3. The van der Waals surface area contributed by atoms with Crippen LogP contribution in [0.25, 0.3) is 11.2 Å². The average Bonchev–Trinajstić information content (AvgIpc) is 2.95. The van der Waals surface area contributed by atoms with Gasteiger partial charge in [0.05, 0.1) is 19.0 Å². The van der Waals surface area contributed by atoms with Gasteiger partial charge in [-0.1, -0.05) is 6.58 Å². The van der Waals surface area contributed by atoms with E-state index in [-0.39, 0.29) is 30.1 Å². The molecule has 0 radical (unpaired) electrons. The Balaban J connectivity index is 1.90. The summed E-state index contributed by atoms with van der Waals surface area (Å²) in [6, 6.07) is 0. The fourth-order valence-corrected chi connectivity index (χ4v) is 3.12. The summed E-state index contributed by atoms with van der Waals surface area (Å²) in [5.74, 6) is -1.24. The second kappa shape index (κ2) is 5.03. The highest BCUT2D eigenvalue weighted by Crippen LogP contribution is 2.49. The summed E-state index contributed by atoms with van der Waals surface area (Å²) in [4.78, 5) is 40.4. The molecule has 0 aromatic carbocycles. The average molecular weight is 327 g/mol. The molecule has 5 N–H and O–H groups in total. The van der Waals surface area contributed by atoms with E-state index < -0.39 is 25.1 Å². The number of H-pyrrole nitrogens is 1. The van der Waals surface area contributed by atoms with Crippen molar-refractivity contribution in [3.63, 3.8) is 0 Å². The zero-order valence-electron chi connectivity index (χ0n) is 11.3. The smallest absolute Gasteiger partial charge is 0.354 e. The first-order valence-corrected chi connectivity index (χ1v) is 8.03. The Labute approximate surface area is 123 Å². The van der Waals surface area contributed by atoms with Gasteiger partial charge >= 0.3 is 7.60 Å². The summed E-state index contributed by atoms with van der Waals surface area (Å²) in [6.07, 6.45) is 0.878. The predicted octanol–water partition coefficient (Wildman–Crippen LogP) is -0.449. The van der Waals surface area contributed by atoms with Crippen molar-refractivity contribution in [3.8, 4) is 0 Å². The Morgan fingerprint density at radius 3 is 2.95 bits per heavy atom. The van der Waals surface area contributed by atoms with Crippen LogP contribution >= 0.6 is 7.60 Å². The summed E-state index contributed by atoms with van der Waals surface area (Å²) in [6.45, 7) is 3.96. The summed E-state index contributed by atoms with van der Waals surface area (Å²) in [5.41, 5.74) is 6.02. The number of aromatic amines is 1. The van der Waals surface area contributed by atoms with E-state index in [4.69, 9.17) is 10.5 Å². The molecule has 0 amide bonds. The van der Waals surface area contributed by atoms with Gasteiger partial charge in [0.15, 0.2) is 17.0 Å². The second-order valence-corrected chi connectivity index (χ2v) is 6.81. The minimum Gasteiger partial charge on any atom is -0.369 e. The Morgan fingerprint density at radius 1 is 1.59 bits per heavy atom. The summed E-state index contributed by atoms with van der Waals surface area (Å²) >= 11 is 0. The van der Waals surface area contributed by atoms with E-state index in [1.165, 1.54) is 6.33 Å². The molecule has 1 fully saturated rings. The topological polar surface area (TPSA) is 156 Å². The third kappa shape index (κ3) is 2.57. The van der Waals surface area contributed by atoms with Crippen molar-refractivity contribution in [3.05, 3.63) is 28.8 Å². The minimum atomic E-state index is -4.34. The van der Waals surface area contributed by atoms with Crippen LogP contribution in [0.4, 0.5) is 5.95 Å². The second-order valence-electron chi connectivity index (χ2n) is 5.05. The summed E-state index contributed by atoms with van der Waals surface area (Å²) < 4.78 is 18.2. The molecule has 0 spiro atoms. The first kappa shape index (κ1) is 14.9. The summed E-state index contributed by atoms with van der Waals surface area (Å²) in [5, 5.41) is 0. The van der Waals surface area contributed by atoms with Crippen LogP contribution in [0.1, 0.15) is 6.42 Å². The number of anilines is 1. The molecule has 10 nitrogen and oxygen atoms in total. The fourth-order valence-electron chi connectivity index (χ4n) is 2.34. The van der Waals surface area contributed by atoms with Crippen LogP contribution in [0.3, 0.4) is 0 Å². The van der Waals surface area contributed by atoms with E-state index in [0.717, 1.165) is 0 Å². The predicted molar refractivity (Wildman–Crippen MR) is 77.0 cm³/mol. The van der Waals surface area contributed by atoms with E-state index in [1.54, 1.807) is 4.57 Å². The molecule has 118 valence electrons. The third-order valence-electron chi connectivity index (χ3n) is 3.44. The van der Waals surface area contributed by atoms with E-state index in [0.29, 0.717) is 5.57 Å². The van der Waals surface area contributed by atoms with E-state index >= 15 is 0 Å². The van der Waals surface area contributed by atoms with Crippen LogP contribution < -0.4 is 11.3 Å². The van der Waals surface area contributed by atoms with Crippen molar-refractivity contribution in [2.24, 2.45) is 0 Å². The Morgan fingerprint density at radius 2 is 2.32 bits per heavy atom. The van der Waals surface area contributed by atoms with Crippen LogP contribution in [0.2, 0.25) is 0 Å². The highest BCUT2D eigenvalue weighted by Gasteiger charge is 2.40. The molecule has 0 bridgehead atoms. The lowest BCUT2D eigenvalue weighted by Gasteiger charge is -2.15. The molecule has 22 heavy (non-hydrogen) atoms. The number of ether oxygens (including phenoxy) is 1. The van der Waals surface area contributed by atoms with Gasteiger partial charge in [-0.2, -0.15) is 4.98 Å². The molecule has 3 rings (SSSR count). The molecular formula is C11H14N5O5P. The number of aromatic nitrogens is 4. The molecule has 2 aromatic rings. The van der Waals surface area contributed by atoms with Crippen LogP contribution in [0, 0.1) is 0 Å². The molecule has 2 atom stereocenters. The normalized spacial score (nSPS) is 22.5. The first-order valence-electron chi connectivity index (χ1n) is 6.34. The number of nitrogen functional groups attached to an aromatic ring is 1. The monoisotopic (exact) mass is 327 g/mol. The van der Waals surface area contributed by atoms with Gasteiger partial charge in [-0.05, 0) is 5.57 Å². The van der Waals surface area contributed by atoms with Crippen molar-refractivity contribution < 1.29 is 19.1 Å². The molecule has 1 saturated heterocycles. The molecule has 1 aliphatic heterocycles. The zero-order chi connectivity index (χ0) is 16.1. The quantitative estimate of drug-likeness (QED) is 0.436. The number of hydrogen-bond acceptors (Lipinski definition) is 6. The molecule has 0 saturated carbocycles. The Bertz CT molecular complexity index is 852. The lowest BCUT2D eigenvalue weighted by molar-refractivity contribution is 0.0717. The van der Waals surface area contributed by atoms with Crippen LogP contribution in [0.15, 0.2) is 23.3 Å². The van der Waals surface area contributed by atoms with Gasteiger partial charge < -0.3 is 24.8 Å². The molecule has 0 aliphatic carbocycles. The zero-order valence-corrected chi connectivity index (χ0v) is 12.2. The van der Waals surface area contributed by atoms with Gasteiger partial charge in [-0.3, -0.25) is 14.3 Å². The van der Waals surface area contributed by atoms with Crippen LogP contribution in [0.5, 0.6) is 0 Å². The van der Waals surface area contributed by atoms with Gasteiger partial charge in [0.2, 0.25) is 5.95 Å². The lowest BCUT2D eigenvalue weighted by Crippen LogP contribution is -2.19. The molecular weight excluding hydrogens is 313 g/mol. The molecule has 1 aliphatic rings. The molecule has 0 unspecified atom stereocenters. The van der Waals surface area contributed by atoms with Crippen LogP contribution in [-0.2, 0) is 15.8 Å². The molecule has 11 heteroatoms. The van der Waals surface area contributed by atoms with Gasteiger partial charge in [0.25, 0.3) is 5.56 Å². The van der Waals surface area contributed by atoms with Crippen LogP contribution in [-0.4, -0.2) is 41.3 Å². The Hall–Kier alpha value is -2.00. The van der Waals surface area contributed by atoms with Crippen molar-refractivity contribution in [1.29, 1.82) is 0 Å². The van der Waals surface area contributed by atoms with Crippen molar-refractivity contribution in [2.45, 2.75) is 24.9 Å².